The number of amides is 4. The predicted octanol–water partition coefficient (Wildman–Crippen LogP) is 0.905. The van der Waals surface area contributed by atoms with Crippen molar-refractivity contribution in [2.75, 3.05) is 18.8 Å². The molecule has 0 saturated carbocycles. The number of hydrogen-bond donors (Lipinski definition) is 2. The van der Waals surface area contributed by atoms with Crippen LogP contribution in [-0.4, -0.2) is 40.9 Å². The smallest absolute Gasteiger partial charge is 0.318 e. The maximum absolute atomic E-state index is 11.2. The van der Waals surface area contributed by atoms with Crippen LogP contribution in [0.4, 0.5) is 9.59 Å². The van der Waals surface area contributed by atoms with Gasteiger partial charge in [-0.15, -0.1) is 0 Å². The van der Waals surface area contributed by atoms with Crippen molar-refractivity contribution in [1.29, 1.82) is 0 Å². The van der Waals surface area contributed by atoms with Gasteiger partial charge in [-0.1, -0.05) is 17.3 Å². The monoisotopic (exact) mass is 257 g/mol. The summed E-state index contributed by atoms with van der Waals surface area (Å²) in [6.07, 6.45) is 1.58. The first-order chi connectivity index (χ1) is 8.00. The van der Waals surface area contributed by atoms with Crippen molar-refractivity contribution in [3.63, 3.8) is 0 Å². The number of nitrogens with one attached hydrogen (secondary N) is 2. The molecular weight excluding hydrogens is 242 g/mol. The van der Waals surface area contributed by atoms with Gasteiger partial charge in [-0.3, -0.25) is 14.5 Å². The van der Waals surface area contributed by atoms with Gasteiger partial charge in [0.25, 0.3) is 5.24 Å². The van der Waals surface area contributed by atoms with Crippen LogP contribution in [0.15, 0.2) is 11.8 Å². The van der Waals surface area contributed by atoms with Crippen molar-refractivity contribution in [3.8, 4) is 0 Å². The van der Waals surface area contributed by atoms with Gasteiger partial charge in [-0.2, -0.15) is 0 Å². The van der Waals surface area contributed by atoms with E-state index < -0.39 is 0 Å². The lowest BCUT2D eigenvalue weighted by Gasteiger charge is -2.12. The Kier molecular flexibility index (Phi) is 5.02. The molecule has 0 aliphatic carbocycles. The molecule has 1 aliphatic heterocycles. The third-order valence-corrected chi connectivity index (χ3v) is 2.81. The average Bonchev–Trinajstić information content (AvgIpc) is 2.57. The molecule has 1 fully saturated rings. The Morgan fingerprint density at radius 2 is 2.18 bits per heavy atom. The van der Waals surface area contributed by atoms with Crippen LogP contribution < -0.4 is 10.6 Å². The molecule has 0 bridgehead atoms. The Morgan fingerprint density at radius 1 is 1.47 bits per heavy atom. The average molecular weight is 257 g/mol. The number of hydrogen-bond acceptors (Lipinski definition) is 4. The van der Waals surface area contributed by atoms with Crippen molar-refractivity contribution in [2.45, 2.75) is 13.8 Å². The Balaban J connectivity index is 2.23. The van der Waals surface area contributed by atoms with Gasteiger partial charge >= 0.3 is 6.03 Å². The van der Waals surface area contributed by atoms with E-state index in [9.17, 15) is 14.4 Å². The number of allylic oxidation sites excluding steroid dienone is 1. The number of nitrogens with zero attached hydrogens (tertiary/aromatic N) is 1. The fraction of sp³-hybridized carbons (Fsp3) is 0.500. The largest absolute Gasteiger partial charge is 0.336 e. The van der Waals surface area contributed by atoms with Gasteiger partial charge in [-0.25, -0.2) is 4.79 Å². The minimum absolute atomic E-state index is 0.197. The number of carbonyl (C=O) groups is 3. The van der Waals surface area contributed by atoms with E-state index in [1.807, 2.05) is 13.8 Å². The molecule has 1 heterocycles. The fourth-order valence-electron chi connectivity index (χ4n) is 1.14. The molecule has 0 aromatic carbocycles. The highest BCUT2D eigenvalue weighted by atomic mass is 32.2. The molecule has 0 radical (unpaired) electrons. The van der Waals surface area contributed by atoms with Crippen LogP contribution in [0.25, 0.3) is 0 Å². The lowest BCUT2D eigenvalue weighted by atomic mass is 10.4. The zero-order valence-electron chi connectivity index (χ0n) is 9.78. The molecular formula is C10H15N3O3S. The number of rotatable bonds is 4. The summed E-state index contributed by atoms with van der Waals surface area (Å²) in [7, 11) is 0. The molecule has 0 aromatic rings. The molecule has 1 saturated heterocycles. The quantitative estimate of drug-likeness (QED) is 0.784. The summed E-state index contributed by atoms with van der Waals surface area (Å²) in [5.41, 5.74) is 0.974. The predicted molar refractivity (Wildman–Crippen MR) is 65.5 cm³/mol. The summed E-state index contributed by atoms with van der Waals surface area (Å²) in [5, 5.41) is 4.83. The van der Waals surface area contributed by atoms with Crippen LogP contribution in [0.1, 0.15) is 13.8 Å². The van der Waals surface area contributed by atoms with E-state index >= 15 is 0 Å². The summed E-state index contributed by atoms with van der Waals surface area (Å²) in [6.45, 7) is 4.19. The third kappa shape index (κ3) is 4.48. The van der Waals surface area contributed by atoms with Gasteiger partial charge in [0.15, 0.2) is 0 Å². The van der Waals surface area contributed by atoms with Crippen molar-refractivity contribution >= 4 is 28.9 Å². The number of imide groups is 1. The summed E-state index contributed by atoms with van der Waals surface area (Å²) in [5.74, 6) is -0.00509. The van der Waals surface area contributed by atoms with E-state index in [4.69, 9.17) is 0 Å². The normalized spacial score (nSPS) is 14.8. The van der Waals surface area contributed by atoms with Gasteiger partial charge in [0.1, 0.15) is 0 Å². The van der Waals surface area contributed by atoms with Crippen molar-refractivity contribution in [1.82, 2.24) is 15.5 Å². The minimum Gasteiger partial charge on any atom is -0.336 e. The molecule has 4 amide bonds. The van der Waals surface area contributed by atoms with E-state index in [1.165, 1.54) is 0 Å². The molecule has 2 N–H and O–H groups in total. The molecule has 94 valence electrons. The van der Waals surface area contributed by atoms with E-state index in [0.717, 1.165) is 22.2 Å². The van der Waals surface area contributed by atoms with Gasteiger partial charge in [-0.05, 0) is 13.8 Å². The minimum atomic E-state index is -0.349. The molecule has 1 aliphatic rings. The molecule has 1 rings (SSSR count). The van der Waals surface area contributed by atoms with Crippen molar-refractivity contribution in [2.24, 2.45) is 0 Å². The SMILES string of the molecule is CC(C)=CNC(=O)NCCN1C(=O)CSC1=O. The Labute approximate surface area is 104 Å². The highest BCUT2D eigenvalue weighted by molar-refractivity contribution is 8.14. The fourth-order valence-corrected chi connectivity index (χ4v) is 1.89. The van der Waals surface area contributed by atoms with Gasteiger partial charge < -0.3 is 10.6 Å². The molecule has 0 aromatic heterocycles. The van der Waals surface area contributed by atoms with Crippen LogP contribution in [0.3, 0.4) is 0 Å². The van der Waals surface area contributed by atoms with Crippen molar-refractivity contribution < 1.29 is 14.4 Å². The second kappa shape index (κ2) is 6.29. The second-order valence-corrected chi connectivity index (χ2v) is 4.65. The van der Waals surface area contributed by atoms with Crippen LogP contribution in [0.5, 0.6) is 0 Å². The van der Waals surface area contributed by atoms with E-state index in [-0.39, 0.29) is 36.0 Å². The molecule has 17 heavy (non-hydrogen) atoms. The van der Waals surface area contributed by atoms with E-state index in [0.29, 0.717) is 0 Å². The third-order valence-electron chi connectivity index (χ3n) is 1.95. The van der Waals surface area contributed by atoms with Crippen LogP contribution in [-0.2, 0) is 4.79 Å². The summed E-state index contributed by atoms with van der Waals surface area (Å²) in [4.78, 5) is 34.8. The van der Waals surface area contributed by atoms with Crippen LogP contribution in [0.2, 0.25) is 0 Å². The van der Waals surface area contributed by atoms with Crippen LogP contribution in [0, 0.1) is 0 Å². The maximum atomic E-state index is 11.2. The summed E-state index contributed by atoms with van der Waals surface area (Å²) in [6, 6.07) is -0.349. The first kappa shape index (κ1) is 13.6. The van der Waals surface area contributed by atoms with Gasteiger partial charge in [0.2, 0.25) is 5.91 Å². The summed E-state index contributed by atoms with van der Waals surface area (Å²) < 4.78 is 0. The number of thioether (sulfide) groups is 1. The topological polar surface area (TPSA) is 78.5 Å². The van der Waals surface area contributed by atoms with Gasteiger partial charge in [0.05, 0.1) is 5.75 Å². The number of urea groups is 1. The first-order valence-electron chi connectivity index (χ1n) is 5.15. The van der Waals surface area contributed by atoms with Crippen molar-refractivity contribution in [3.05, 3.63) is 11.8 Å². The molecule has 0 atom stereocenters. The second-order valence-electron chi connectivity index (χ2n) is 3.72. The number of carbonyl (C=O) groups excluding carboxylic acids is 3. The zero-order chi connectivity index (χ0) is 12.8. The Hall–Kier alpha value is -1.50. The Bertz CT molecular complexity index is 348. The Morgan fingerprint density at radius 3 is 2.71 bits per heavy atom. The standard InChI is InChI=1S/C10H15N3O3S/c1-7(2)5-12-9(15)11-3-4-13-8(14)6-17-10(13)16/h5H,3-4,6H2,1-2H3,(H2,11,12,15). The lowest BCUT2D eigenvalue weighted by molar-refractivity contribution is -0.124. The molecule has 0 unspecified atom stereocenters. The first-order valence-corrected chi connectivity index (χ1v) is 6.14. The van der Waals surface area contributed by atoms with E-state index in [2.05, 4.69) is 10.6 Å². The highest BCUT2D eigenvalue weighted by Gasteiger charge is 2.29. The highest BCUT2D eigenvalue weighted by Crippen LogP contribution is 2.17. The molecule has 7 heteroatoms. The summed E-state index contributed by atoms with van der Waals surface area (Å²) >= 11 is 0.986. The van der Waals surface area contributed by atoms with Gasteiger partial charge in [0, 0.05) is 19.3 Å². The molecule has 6 nitrogen and oxygen atoms in total. The van der Waals surface area contributed by atoms with E-state index in [1.54, 1.807) is 6.20 Å². The van der Waals surface area contributed by atoms with Crippen LogP contribution >= 0.6 is 11.8 Å². The zero-order valence-corrected chi connectivity index (χ0v) is 10.6. The molecule has 0 spiro atoms. The maximum Gasteiger partial charge on any atom is 0.318 e. The lowest BCUT2D eigenvalue weighted by Crippen LogP contribution is -2.40.